The van der Waals surface area contributed by atoms with Crippen molar-refractivity contribution in [1.29, 1.82) is 0 Å². The van der Waals surface area contributed by atoms with E-state index in [9.17, 15) is 9.90 Å². The van der Waals surface area contributed by atoms with Crippen LogP contribution in [0.5, 0.6) is 0 Å². The monoisotopic (exact) mass is 181 g/mol. The Hall–Kier alpha value is -0.790. The van der Waals surface area contributed by atoms with Gasteiger partial charge in [-0.1, -0.05) is 25.8 Å². The fraction of sp³-hybridized carbons (Fsp3) is 0.727. The van der Waals surface area contributed by atoms with Gasteiger partial charge in [-0.3, -0.25) is 0 Å². The van der Waals surface area contributed by atoms with E-state index < -0.39 is 5.97 Å². The van der Waals surface area contributed by atoms with Crippen LogP contribution >= 0.6 is 0 Å². The first-order valence-corrected chi connectivity index (χ1v) is 4.99. The van der Waals surface area contributed by atoms with Crippen molar-refractivity contribution in [2.75, 3.05) is 0 Å². The molecule has 0 N–H and O–H groups in total. The number of allylic oxidation sites excluding steroid dienone is 1. The summed E-state index contributed by atoms with van der Waals surface area (Å²) in [6.07, 6.45) is 6.64. The molecule has 0 aromatic heterocycles. The predicted octanol–water partition coefficient (Wildman–Crippen LogP) is 1.51. The van der Waals surface area contributed by atoms with Crippen molar-refractivity contribution >= 4 is 5.97 Å². The lowest BCUT2D eigenvalue weighted by Gasteiger charge is -2.24. The molecule has 0 aromatic carbocycles. The standard InChI is InChI=1S/C11H18O2/c1-8-4-3-5-10(6-8)7-9(2)11(12)13/h7-8,10H,3-6H2,1-2H3,(H,12,13)/p-1/b9-7+. The first-order chi connectivity index (χ1) is 6.09. The SMILES string of the molecule is C/C(=C\C1CCCC(C)C1)C(=O)[O-]. The summed E-state index contributed by atoms with van der Waals surface area (Å²) in [7, 11) is 0. The number of hydrogen-bond donors (Lipinski definition) is 0. The zero-order chi connectivity index (χ0) is 9.84. The van der Waals surface area contributed by atoms with Gasteiger partial charge in [-0.2, -0.15) is 0 Å². The van der Waals surface area contributed by atoms with Crippen LogP contribution in [0.2, 0.25) is 0 Å². The summed E-state index contributed by atoms with van der Waals surface area (Å²) in [5.41, 5.74) is 0.388. The predicted molar refractivity (Wildman–Crippen MR) is 49.9 cm³/mol. The molecule has 2 heteroatoms. The second-order valence-corrected chi connectivity index (χ2v) is 4.17. The molecule has 1 fully saturated rings. The van der Waals surface area contributed by atoms with Gasteiger partial charge in [0.15, 0.2) is 0 Å². The highest BCUT2D eigenvalue weighted by molar-refractivity contribution is 5.83. The second-order valence-electron chi connectivity index (χ2n) is 4.17. The number of rotatable bonds is 2. The lowest BCUT2D eigenvalue weighted by molar-refractivity contribution is -0.299. The zero-order valence-corrected chi connectivity index (χ0v) is 8.38. The van der Waals surface area contributed by atoms with Gasteiger partial charge in [-0.05, 0) is 37.2 Å². The van der Waals surface area contributed by atoms with Gasteiger partial charge in [0, 0.05) is 0 Å². The highest BCUT2D eigenvalue weighted by atomic mass is 16.4. The van der Waals surface area contributed by atoms with Crippen LogP contribution in [0.15, 0.2) is 11.6 Å². The number of carbonyl (C=O) groups is 1. The largest absolute Gasteiger partial charge is 0.545 e. The average Bonchev–Trinajstić information content (AvgIpc) is 2.04. The molecule has 1 rings (SSSR count). The van der Waals surface area contributed by atoms with Crippen molar-refractivity contribution in [3.63, 3.8) is 0 Å². The lowest BCUT2D eigenvalue weighted by Crippen LogP contribution is -2.24. The smallest absolute Gasteiger partial charge is 0.0668 e. The number of hydrogen-bond acceptors (Lipinski definition) is 2. The van der Waals surface area contributed by atoms with Crippen LogP contribution in [0.4, 0.5) is 0 Å². The highest BCUT2D eigenvalue weighted by Crippen LogP contribution is 2.29. The van der Waals surface area contributed by atoms with E-state index in [1.807, 2.05) is 6.08 Å². The number of carboxylic acid groups (broad SMARTS) is 1. The Kier molecular flexibility index (Phi) is 3.52. The zero-order valence-electron chi connectivity index (χ0n) is 8.38. The van der Waals surface area contributed by atoms with E-state index in [1.54, 1.807) is 6.92 Å². The van der Waals surface area contributed by atoms with E-state index in [2.05, 4.69) is 6.92 Å². The van der Waals surface area contributed by atoms with Crippen molar-refractivity contribution in [3.05, 3.63) is 11.6 Å². The maximum Gasteiger partial charge on any atom is 0.0668 e. The Balaban J connectivity index is 2.52. The van der Waals surface area contributed by atoms with Crippen LogP contribution in [0, 0.1) is 11.8 Å². The molecule has 0 bridgehead atoms. The third-order valence-corrected chi connectivity index (χ3v) is 2.78. The summed E-state index contributed by atoms with van der Waals surface area (Å²) >= 11 is 0. The molecule has 2 nitrogen and oxygen atoms in total. The number of carbonyl (C=O) groups excluding carboxylic acids is 1. The first kappa shape index (κ1) is 10.3. The average molecular weight is 181 g/mol. The van der Waals surface area contributed by atoms with Crippen LogP contribution in [0.25, 0.3) is 0 Å². The van der Waals surface area contributed by atoms with Crippen LogP contribution < -0.4 is 5.11 Å². The molecular weight excluding hydrogens is 164 g/mol. The molecule has 0 heterocycles. The molecule has 2 unspecified atom stereocenters. The lowest BCUT2D eigenvalue weighted by atomic mass is 9.82. The maximum absolute atomic E-state index is 10.5. The normalized spacial score (nSPS) is 30.2. The molecule has 2 atom stereocenters. The summed E-state index contributed by atoms with van der Waals surface area (Å²) in [5.74, 6) is 0.171. The van der Waals surface area contributed by atoms with Crippen molar-refractivity contribution in [2.45, 2.75) is 39.5 Å². The van der Waals surface area contributed by atoms with Gasteiger partial charge in [0.1, 0.15) is 0 Å². The number of aliphatic carboxylic acids is 1. The topological polar surface area (TPSA) is 40.1 Å². The fourth-order valence-corrected chi connectivity index (χ4v) is 2.05. The van der Waals surface area contributed by atoms with Gasteiger partial charge in [-0.25, -0.2) is 0 Å². The molecule has 0 spiro atoms. The molecular formula is C11H17O2-. The van der Waals surface area contributed by atoms with E-state index in [0.29, 0.717) is 11.5 Å². The van der Waals surface area contributed by atoms with Gasteiger partial charge in [0.05, 0.1) is 5.97 Å². The molecule has 1 aliphatic carbocycles. The Labute approximate surface area is 79.6 Å². The fourth-order valence-electron chi connectivity index (χ4n) is 2.05. The summed E-state index contributed by atoms with van der Waals surface area (Å²) in [6, 6.07) is 0. The summed E-state index contributed by atoms with van der Waals surface area (Å²) < 4.78 is 0. The van der Waals surface area contributed by atoms with Gasteiger partial charge >= 0.3 is 0 Å². The van der Waals surface area contributed by atoms with E-state index in [-0.39, 0.29) is 0 Å². The first-order valence-electron chi connectivity index (χ1n) is 4.99. The number of carboxylic acids is 1. The Morgan fingerprint density at radius 2 is 2.15 bits per heavy atom. The van der Waals surface area contributed by atoms with Crippen LogP contribution in [0.3, 0.4) is 0 Å². The maximum atomic E-state index is 10.5. The van der Waals surface area contributed by atoms with E-state index in [1.165, 1.54) is 12.8 Å². The van der Waals surface area contributed by atoms with Crippen molar-refractivity contribution in [3.8, 4) is 0 Å². The Morgan fingerprint density at radius 1 is 1.46 bits per heavy atom. The molecule has 1 saturated carbocycles. The summed E-state index contributed by atoms with van der Waals surface area (Å²) in [6.45, 7) is 3.85. The van der Waals surface area contributed by atoms with Crippen LogP contribution in [-0.4, -0.2) is 5.97 Å². The molecule has 13 heavy (non-hydrogen) atoms. The minimum Gasteiger partial charge on any atom is -0.545 e. The molecule has 0 aromatic rings. The Morgan fingerprint density at radius 3 is 2.69 bits per heavy atom. The third kappa shape index (κ3) is 3.21. The quantitative estimate of drug-likeness (QED) is 0.606. The molecule has 0 saturated heterocycles. The van der Waals surface area contributed by atoms with E-state index in [4.69, 9.17) is 0 Å². The van der Waals surface area contributed by atoms with Crippen molar-refractivity contribution < 1.29 is 9.90 Å². The van der Waals surface area contributed by atoms with E-state index >= 15 is 0 Å². The molecule has 1 aliphatic rings. The van der Waals surface area contributed by atoms with Gasteiger partial charge in [-0.15, -0.1) is 0 Å². The molecule has 0 radical (unpaired) electrons. The molecule has 0 aliphatic heterocycles. The minimum atomic E-state index is -1.03. The van der Waals surface area contributed by atoms with Crippen molar-refractivity contribution in [1.82, 2.24) is 0 Å². The molecule has 0 amide bonds. The minimum absolute atomic E-state index is 0.388. The second kappa shape index (κ2) is 4.45. The third-order valence-electron chi connectivity index (χ3n) is 2.78. The van der Waals surface area contributed by atoms with Crippen LogP contribution in [0.1, 0.15) is 39.5 Å². The summed E-state index contributed by atoms with van der Waals surface area (Å²) in [4.78, 5) is 10.5. The van der Waals surface area contributed by atoms with E-state index in [0.717, 1.165) is 18.8 Å². The summed E-state index contributed by atoms with van der Waals surface area (Å²) in [5, 5.41) is 10.5. The highest BCUT2D eigenvalue weighted by Gasteiger charge is 2.16. The van der Waals surface area contributed by atoms with Gasteiger partial charge < -0.3 is 9.90 Å². The van der Waals surface area contributed by atoms with Gasteiger partial charge in [0.2, 0.25) is 0 Å². The van der Waals surface area contributed by atoms with Crippen LogP contribution in [-0.2, 0) is 4.79 Å². The Bertz CT molecular complexity index is 218. The van der Waals surface area contributed by atoms with Gasteiger partial charge in [0.25, 0.3) is 0 Å². The van der Waals surface area contributed by atoms with Crippen molar-refractivity contribution in [2.24, 2.45) is 11.8 Å². The molecule has 74 valence electrons.